The second-order valence-electron chi connectivity index (χ2n) is 5.36. The molecule has 0 radical (unpaired) electrons. The van der Waals surface area contributed by atoms with Crippen molar-refractivity contribution in [2.75, 3.05) is 12.4 Å². The molecule has 0 heterocycles. The zero-order chi connectivity index (χ0) is 16.1. The topological polar surface area (TPSA) is 50.4 Å². The SMILES string of the molecule is CNC(=O)Nc1cccc(C)c1COc1ccc(C)cc1C. The average molecular weight is 298 g/mol. The molecule has 0 aromatic heterocycles. The van der Waals surface area contributed by atoms with Gasteiger partial charge in [0.15, 0.2) is 0 Å². The number of nitrogens with one attached hydrogen (secondary N) is 2. The van der Waals surface area contributed by atoms with Crippen LogP contribution in [-0.4, -0.2) is 13.1 Å². The molecule has 2 aromatic carbocycles. The number of rotatable bonds is 4. The monoisotopic (exact) mass is 298 g/mol. The lowest BCUT2D eigenvalue weighted by Crippen LogP contribution is -2.25. The highest BCUT2D eigenvalue weighted by molar-refractivity contribution is 5.90. The Bertz CT molecular complexity index is 681. The van der Waals surface area contributed by atoms with Crippen LogP contribution in [0, 0.1) is 20.8 Å². The van der Waals surface area contributed by atoms with Crippen molar-refractivity contribution in [2.24, 2.45) is 0 Å². The Balaban J connectivity index is 2.19. The Kier molecular flexibility index (Phi) is 5.04. The number of aryl methyl sites for hydroxylation is 3. The van der Waals surface area contributed by atoms with Crippen molar-refractivity contribution in [3.05, 3.63) is 58.7 Å². The van der Waals surface area contributed by atoms with Crippen molar-refractivity contribution >= 4 is 11.7 Å². The molecule has 2 rings (SSSR count). The molecule has 0 unspecified atom stereocenters. The van der Waals surface area contributed by atoms with Crippen LogP contribution in [0.25, 0.3) is 0 Å². The third kappa shape index (κ3) is 3.79. The van der Waals surface area contributed by atoms with E-state index in [0.717, 1.165) is 28.1 Å². The van der Waals surface area contributed by atoms with E-state index in [9.17, 15) is 4.79 Å². The van der Waals surface area contributed by atoms with Crippen molar-refractivity contribution in [3.63, 3.8) is 0 Å². The number of benzene rings is 2. The van der Waals surface area contributed by atoms with Crippen LogP contribution in [-0.2, 0) is 6.61 Å². The minimum atomic E-state index is -0.238. The highest BCUT2D eigenvalue weighted by Crippen LogP contribution is 2.24. The van der Waals surface area contributed by atoms with Gasteiger partial charge in [-0.15, -0.1) is 0 Å². The van der Waals surface area contributed by atoms with Gasteiger partial charge in [0.05, 0.1) is 0 Å². The molecule has 2 amide bonds. The summed E-state index contributed by atoms with van der Waals surface area (Å²) < 4.78 is 5.94. The van der Waals surface area contributed by atoms with Crippen LogP contribution in [0.5, 0.6) is 5.75 Å². The van der Waals surface area contributed by atoms with Gasteiger partial charge in [0.25, 0.3) is 0 Å². The molecule has 116 valence electrons. The first-order valence-electron chi connectivity index (χ1n) is 7.28. The van der Waals surface area contributed by atoms with Crippen LogP contribution in [0.2, 0.25) is 0 Å². The van der Waals surface area contributed by atoms with Crippen LogP contribution in [0.1, 0.15) is 22.3 Å². The summed E-state index contributed by atoms with van der Waals surface area (Å²) in [5.74, 6) is 0.861. The Morgan fingerprint density at radius 2 is 1.86 bits per heavy atom. The van der Waals surface area contributed by atoms with E-state index in [2.05, 4.69) is 23.6 Å². The van der Waals surface area contributed by atoms with Gasteiger partial charge in [-0.25, -0.2) is 4.79 Å². The summed E-state index contributed by atoms with van der Waals surface area (Å²) in [5.41, 5.74) is 5.14. The molecule has 0 saturated carbocycles. The molecule has 2 aromatic rings. The van der Waals surface area contributed by atoms with Gasteiger partial charge in [0.1, 0.15) is 12.4 Å². The van der Waals surface area contributed by atoms with E-state index in [4.69, 9.17) is 4.74 Å². The fourth-order valence-corrected chi connectivity index (χ4v) is 2.31. The predicted molar refractivity (Wildman–Crippen MR) is 89.5 cm³/mol. The molecule has 2 N–H and O–H groups in total. The normalized spacial score (nSPS) is 10.2. The van der Waals surface area contributed by atoms with E-state index in [1.807, 2.05) is 44.2 Å². The van der Waals surface area contributed by atoms with Crippen LogP contribution in [0.4, 0.5) is 10.5 Å². The van der Waals surface area contributed by atoms with Crippen LogP contribution in [0.3, 0.4) is 0 Å². The first kappa shape index (κ1) is 15.9. The summed E-state index contributed by atoms with van der Waals surface area (Å²) in [4.78, 5) is 11.5. The summed E-state index contributed by atoms with van der Waals surface area (Å²) in [6, 6.07) is 11.7. The standard InChI is InChI=1S/C18H22N2O2/c1-12-8-9-17(14(3)10-12)22-11-15-13(2)6-5-7-16(15)20-18(21)19-4/h5-10H,11H2,1-4H3,(H2,19,20,21). The molecular weight excluding hydrogens is 276 g/mol. The van der Waals surface area contributed by atoms with Gasteiger partial charge in [-0.05, 0) is 44.0 Å². The molecule has 0 fully saturated rings. The zero-order valence-electron chi connectivity index (χ0n) is 13.5. The number of carbonyl (C=O) groups excluding carboxylic acids is 1. The van der Waals surface area contributed by atoms with Crippen LogP contribution >= 0.6 is 0 Å². The predicted octanol–water partition coefficient (Wildman–Crippen LogP) is 3.94. The fourth-order valence-electron chi connectivity index (χ4n) is 2.31. The summed E-state index contributed by atoms with van der Waals surface area (Å²) >= 11 is 0. The largest absolute Gasteiger partial charge is 0.489 e. The number of hydrogen-bond acceptors (Lipinski definition) is 2. The van der Waals surface area contributed by atoms with Gasteiger partial charge < -0.3 is 15.4 Å². The van der Waals surface area contributed by atoms with Gasteiger partial charge in [-0.2, -0.15) is 0 Å². The summed E-state index contributed by atoms with van der Waals surface area (Å²) in [5, 5.41) is 5.39. The lowest BCUT2D eigenvalue weighted by atomic mass is 10.1. The zero-order valence-corrected chi connectivity index (χ0v) is 13.5. The van der Waals surface area contributed by atoms with Gasteiger partial charge in [-0.1, -0.05) is 29.8 Å². The van der Waals surface area contributed by atoms with Crippen molar-refractivity contribution in [1.29, 1.82) is 0 Å². The molecule has 0 aliphatic carbocycles. The fraction of sp³-hybridized carbons (Fsp3) is 0.278. The minimum absolute atomic E-state index is 0.238. The van der Waals surface area contributed by atoms with Crippen LogP contribution in [0.15, 0.2) is 36.4 Å². The van der Waals surface area contributed by atoms with Crippen molar-refractivity contribution < 1.29 is 9.53 Å². The molecule has 0 aliphatic heterocycles. The number of carbonyl (C=O) groups is 1. The van der Waals surface area contributed by atoms with E-state index < -0.39 is 0 Å². The molecule has 4 heteroatoms. The van der Waals surface area contributed by atoms with E-state index in [0.29, 0.717) is 6.61 Å². The van der Waals surface area contributed by atoms with E-state index in [-0.39, 0.29) is 6.03 Å². The Morgan fingerprint density at radius 1 is 1.09 bits per heavy atom. The molecule has 22 heavy (non-hydrogen) atoms. The van der Waals surface area contributed by atoms with Crippen LogP contribution < -0.4 is 15.4 Å². The molecule has 0 atom stereocenters. The maximum atomic E-state index is 11.5. The van der Waals surface area contributed by atoms with Gasteiger partial charge in [0.2, 0.25) is 0 Å². The second-order valence-corrected chi connectivity index (χ2v) is 5.36. The highest BCUT2D eigenvalue weighted by Gasteiger charge is 2.09. The van der Waals surface area contributed by atoms with Gasteiger partial charge in [0, 0.05) is 18.3 Å². The maximum Gasteiger partial charge on any atom is 0.318 e. The molecule has 0 aliphatic rings. The highest BCUT2D eigenvalue weighted by atomic mass is 16.5. The summed E-state index contributed by atoms with van der Waals surface area (Å²) in [6.45, 7) is 6.51. The third-order valence-electron chi connectivity index (χ3n) is 3.59. The quantitative estimate of drug-likeness (QED) is 0.898. The third-order valence-corrected chi connectivity index (χ3v) is 3.59. The van der Waals surface area contributed by atoms with Crippen molar-refractivity contribution in [2.45, 2.75) is 27.4 Å². The number of anilines is 1. The first-order valence-corrected chi connectivity index (χ1v) is 7.28. The van der Waals surface area contributed by atoms with Gasteiger partial charge >= 0.3 is 6.03 Å². The number of ether oxygens (including phenoxy) is 1. The molecule has 0 spiro atoms. The lowest BCUT2D eigenvalue weighted by molar-refractivity contribution is 0.254. The number of hydrogen-bond donors (Lipinski definition) is 2. The van der Waals surface area contributed by atoms with Crippen molar-refractivity contribution in [1.82, 2.24) is 5.32 Å². The Morgan fingerprint density at radius 3 is 2.55 bits per heavy atom. The maximum absolute atomic E-state index is 11.5. The van der Waals surface area contributed by atoms with E-state index in [1.165, 1.54) is 5.56 Å². The molecule has 0 saturated heterocycles. The molecule has 4 nitrogen and oxygen atoms in total. The minimum Gasteiger partial charge on any atom is -0.489 e. The Labute approximate surface area is 131 Å². The van der Waals surface area contributed by atoms with E-state index >= 15 is 0 Å². The Hall–Kier alpha value is -2.49. The second kappa shape index (κ2) is 6.98. The summed E-state index contributed by atoms with van der Waals surface area (Å²) in [7, 11) is 1.59. The summed E-state index contributed by atoms with van der Waals surface area (Å²) in [6.07, 6.45) is 0. The lowest BCUT2D eigenvalue weighted by Gasteiger charge is -2.15. The first-order chi connectivity index (χ1) is 10.5. The molecular formula is C18H22N2O2. The number of amides is 2. The van der Waals surface area contributed by atoms with Crippen molar-refractivity contribution in [3.8, 4) is 5.75 Å². The smallest absolute Gasteiger partial charge is 0.318 e. The van der Waals surface area contributed by atoms with Gasteiger partial charge in [-0.3, -0.25) is 0 Å². The average Bonchev–Trinajstić information content (AvgIpc) is 2.48. The van der Waals surface area contributed by atoms with E-state index in [1.54, 1.807) is 7.05 Å². The number of urea groups is 1. The molecule has 0 bridgehead atoms.